The molecule has 1 aromatic carbocycles. The highest BCUT2D eigenvalue weighted by Gasteiger charge is 2.20. The quantitative estimate of drug-likeness (QED) is 0.765. The summed E-state index contributed by atoms with van der Waals surface area (Å²) in [5.74, 6) is -1.60. The summed E-state index contributed by atoms with van der Waals surface area (Å²) in [6.45, 7) is 0. The molecule has 0 saturated carbocycles. The third kappa shape index (κ3) is 4.51. The van der Waals surface area contributed by atoms with E-state index in [1.807, 2.05) is 24.3 Å². The van der Waals surface area contributed by atoms with E-state index in [1.165, 1.54) is 0 Å². The minimum Gasteiger partial charge on any atom is -0.480 e. The number of carboxylic acids is 1. The maximum Gasteiger partial charge on any atom is 0.326 e. The normalized spacial score (nSPS) is 11.6. The summed E-state index contributed by atoms with van der Waals surface area (Å²) < 4.78 is 0. The molecule has 0 fully saturated rings. The summed E-state index contributed by atoms with van der Waals surface area (Å²) in [6, 6.07) is 11.8. The number of para-hydroxylation sites is 1. The van der Waals surface area contributed by atoms with Crippen molar-refractivity contribution in [2.45, 2.75) is 31.7 Å². The van der Waals surface area contributed by atoms with Crippen LogP contribution in [0.3, 0.4) is 0 Å². The van der Waals surface area contributed by atoms with Crippen molar-refractivity contribution in [2.75, 3.05) is 0 Å². The minimum absolute atomic E-state index is 0.187. The van der Waals surface area contributed by atoms with E-state index in [0.717, 1.165) is 5.39 Å². The smallest absolute Gasteiger partial charge is 0.326 e. The van der Waals surface area contributed by atoms with Gasteiger partial charge in [0.25, 0.3) is 5.91 Å². The molecule has 0 aliphatic carbocycles. The van der Waals surface area contributed by atoms with E-state index in [2.05, 4.69) is 10.3 Å². The molecule has 0 radical (unpaired) electrons. The zero-order valence-corrected chi connectivity index (χ0v) is 12.5. The van der Waals surface area contributed by atoms with Crippen LogP contribution in [0.4, 0.5) is 0 Å². The molecule has 0 aliphatic rings. The lowest BCUT2D eigenvalue weighted by Gasteiger charge is -2.14. The number of hydrogen-bond donors (Lipinski definition) is 2. The molecule has 6 nitrogen and oxygen atoms in total. The predicted octanol–water partition coefficient (Wildman–Crippen LogP) is 2.50. The molecule has 2 rings (SSSR count). The van der Waals surface area contributed by atoms with E-state index >= 15 is 0 Å². The van der Waals surface area contributed by atoms with Gasteiger partial charge in [0.05, 0.1) is 11.6 Å². The first-order valence-electron chi connectivity index (χ1n) is 7.38. The van der Waals surface area contributed by atoms with Crippen LogP contribution in [0.1, 0.15) is 36.2 Å². The second kappa shape index (κ2) is 7.90. The fourth-order valence-corrected chi connectivity index (χ4v) is 2.23. The summed E-state index contributed by atoms with van der Waals surface area (Å²) >= 11 is 0. The number of amides is 1. The van der Waals surface area contributed by atoms with Crippen LogP contribution in [-0.4, -0.2) is 28.0 Å². The Morgan fingerprint density at radius 2 is 2.00 bits per heavy atom. The van der Waals surface area contributed by atoms with Crippen LogP contribution in [-0.2, 0) is 4.79 Å². The van der Waals surface area contributed by atoms with Crippen LogP contribution in [0.5, 0.6) is 0 Å². The van der Waals surface area contributed by atoms with E-state index in [-0.39, 0.29) is 12.1 Å². The number of carboxylic acid groups (broad SMARTS) is 1. The number of benzene rings is 1. The van der Waals surface area contributed by atoms with E-state index in [9.17, 15) is 14.7 Å². The van der Waals surface area contributed by atoms with Gasteiger partial charge in [-0.1, -0.05) is 24.3 Å². The first-order valence-corrected chi connectivity index (χ1v) is 7.38. The van der Waals surface area contributed by atoms with E-state index in [0.29, 0.717) is 24.8 Å². The molecule has 0 spiro atoms. The number of carbonyl (C=O) groups is 2. The van der Waals surface area contributed by atoms with Crippen LogP contribution < -0.4 is 5.32 Å². The Hall–Kier alpha value is -2.94. The highest BCUT2D eigenvalue weighted by molar-refractivity contribution is 5.96. The fraction of sp³-hybridized carbons (Fsp3) is 0.294. The summed E-state index contributed by atoms with van der Waals surface area (Å²) in [6.07, 6.45) is 1.85. The van der Waals surface area contributed by atoms with Crippen LogP contribution >= 0.6 is 0 Å². The number of carbonyl (C=O) groups excluding carboxylic acids is 1. The monoisotopic (exact) mass is 311 g/mol. The van der Waals surface area contributed by atoms with Crippen molar-refractivity contribution in [3.05, 3.63) is 42.1 Å². The van der Waals surface area contributed by atoms with Crippen molar-refractivity contribution < 1.29 is 14.7 Å². The van der Waals surface area contributed by atoms with Gasteiger partial charge in [0.15, 0.2) is 0 Å². The number of pyridine rings is 1. The van der Waals surface area contributed by atoms with Gasteiger partial charge in [-0.2, -0.15) is 5.26 Å². The molecule has 0 unspecified atom stereocenters. The fourth-order valence-electron chi connectivity index (χ4n) is 2.23. The van der Waals surface area contributed by atoms with Gasteiger partial charge in [0.1, 0.15) is 11.7 Å². The van der Waals surface area contributed by atoms with Crippen molar-refractivity contribution >= 4 is 22.8 Å². The van der Waals surface area contributed by atoms with Gasteiger partial charge in [-0.3, -0.25) is 4.79 Å². The van der Waals surface area contributed by atoms with Crippen molar-refractivity contribution in [3.8, 4) is 6.07 Å². The summed E-state index contributed by atoms with van der Waals surface area (Å²) in [4.78, 5) is 27.7. The van der Waals surface area contributed by atoms with Crippen molar-refractivity contribution in [3.63, 3.8) is 0 Å². The molecule has 0 saturated heterocycles. The molecule has 1 atom stereocenters. The molecular formula is C17H17N3O3. The average Bonchev–Trinajstić information content (AvgIpc) is 2.56. The Kier molecular flexibility index (Phi) is 5.64. The van der Waals surface area contributed by atoms with Gasteiger partial charge in [-0.25, -0.2) is 9.78 Å². The summed E-state index contributed by atoms with van der Waals surface area (Å²) in [5.41, 5.74) is 0.869. The summed E-state index contributed by atoms with van der Waals surface area (Å²) in [5, 5.41) is 21.1. The molecular weight excluding hydrogens is 294 g/mol. The maximum atomic E-state index is 12.2. The van der Waals surface area contributed by atoms with Gasteiger partial charge in [0.2, 0.25) is 0 Å². The standard InChI is InChI=1S/C17H17N3O3/c18-11-5-1-2-8-15(17(22)23)20-16(21)14-10-9-12-6-3-4-7-13(12)19-14/h3-4,6-7,9-10,15H,1-2,5,8H2,(H,20,21)(H,22,23)/t15-/m0/s1. The largest absolute Gasteiger partial charge is 0.480 e. The number of nitrogens with one attached hydrogen (secondary N) is 1. The molecule has 1 aromatic heterocycles. The van der Waals surface area contributed by atoms with Crippen LogP contribution in [0.25, 0.3) is 10.9 Å². The molecule has 23 heavy (non-hydrogen) atoms. The second-order valence-electron chi connectivity index (χ2n) is 5.16. The molecule has 0 bridgehead atoms. The molecule has 1 amide bonds. The number of rotatable bonds is 7. The lowest BCUT2D eigenvalue weighted by molar-refractivity contribution is -0.139. The first kappa shape index (κ1) is 16.4. The molecule has 6 heteroatoms. The highest BCUT2D eigenvalue weighted by Crippen LogP contribution is 2.12. The minimum atomic E-state index is -1.09. The number of unbranched alkanes of at least 4 members (excludes halogenated alkanes) is 2. The van der Waals surface area contributed by atoms with Crippen molar-refractivity contribution in [2.24, 2.45) is 0 Å². The van der Waals surface area contributed by atoms with Crippen LogP contribution in [0, 0.1) is 11.3 Å². The lowest BCUT2D eigenvalue weighted by Crippen LogP contribution is -2.41. The topological polar surface area (TPSA) is 103 Å². The summed E-state index contributed by atoms with van der Waals surface area (Å²) in [7, 11) is 0. The molecule has 118 valence electrons. The highest BCUT2D eigenvalue weighted by atomic mass is 16.4. The number of fused-ring (bicyclic) bond motifs is 1. The Balaban J connectivity index is 2.04. The average molecular weight is 311 g/mol. The van der Waals surface area contributed by atoms with Crippen molar-refractivity contribution in [1.29, 1.82) is 5.26 Å². The van der Waals surface area contributed by atoms with Gasteiger partial charge >= 0.3 is 5.97 Å². The van der Waals surface area contributed by atoms with E-state index in [4.69, 9.17) is 5.26 Å². The maximum absolute atomic E-state index is 12.2. The zero-order valence-electron chi connectivity index (χ0n) is 12.5. The molecule has 1 heterocycles. The van der Waals surface area contributed by atoms with Gasteiger partial charge in [-0.15, -0.1) is 0 Å². The number of aromatic nitrogens is 1. The molecule has 2 N–H and O–H groups in total. The lowest BCUT2D eigenvalue weighted by atomic mass is 10.1. The third-order valence-corrected chi connectivity index (χ3v) is 3.47. The Labute approximate surface area is 133 Å². The third-order valence-electron chi connectivity index (χ3n) is 3.47. The van der Waals surface area contributed by atoms with Gasteiger partial charge < -0.3 is 10.4 Å². The SMILES string of the molecule is N#CCCCC[C@H](NC(=O)c1ccc2ccccc2n1)C(=O)O. The van der Waals surface area contributed by atoms with Crippen LogP contribution in [0.15, 0.2) is 36.4 Å². The van der Waals surface area contributed by atoms with E-state index in [1.54, 1.807) is 18.2 Å². The number of hydrogen-bond acceptors (Lipinski definition) is 4. The van der Waals surface area contributed by atoms with Gasteiger partial charge in [0, 0.05) is 11.8 Å². The Bertz CT molecular complexity index is 752. The zero-order chi connectivity index (χ0) is 16.7. The van der Waals surface area contributed by atoms with E-state index < -0.39 is 17.9 Å². The van der Waals surface area contributed by atoms with Crippen molar-refractivity contribution in [1.82, 2.24) is 10.3 Å². The number of nitrogens with zero attached hydrogens (tertiary/aromatic N) is 2. The van der Waals surface area contributed by atoms with Gasteiger partial charge in [-0.05, 0) is 31.4 Å². The van der Waals surface area contributed by atoms with Crippen LogP contribution in [0.2, 0.25) is 0 Å². The molecule has 2 aromatic rings. The first-order chi connectivity index (χ1) is 11.1. The Morgan fingerprint density at radius 1 is 1.22 bits per heavy atom. The Morgan fingerprint density at radius 3 is 2.74 bits per heavy atom. The molecule has 0 aliphatic heterocycles. The number of nitriles is 1. The second-order valence-corrected chi connectivity index (χ2v) is 5.16. The number of aliphatic carboxylic acids is 1. The predicted molar refractivity (Wildman–Crippen MR) is 84.7 cm³/mol.